The average Bonchev–Trinajstić information content (AvgIpc) is 3.48. The van der Waals surface area contributed by atoms with Gasteiger partial charge in [-0.2, -0.15) is 0 Å². The highest BCUT2D eigenvalue weighted by Gasteiger charge is 2.22. The molecule has 1 atom stereocenters. The Kier molecular flexibility index (Phi) is 5.83. The summed E-state index contributed by atoms with van der Waals surface area (Å²) in [5, 5.41) is 0.876. The molecular weight excluding hydrogens is 376 g/mol. The normalized spacial score (nSPS) is 16.4. The van der Waals surface area contributed by atoms with E-state index in [1.165, 1.54) is 13.4 Å². The number of imidazole rings is 1. The van der Waals surface area contributed by atoms with Gasteiger partial charge < -0.3 is 18.5 Å². The maximum absolute atomic E-state index is 11.9. The van der Waals surface area contributed by atoms with Crippen molar-refractivity contribution in [3.63, 3.8) is 0 Å². The van der Waals surface area contributed by atoms with Gasteiger partial charge in [-0.3, -0.25) is 0 Å². The number of carbonyl (C=O) groups excluding carboxylic acids is 1. The Morgan fingerprint density at radius 3 is 2.93 bits per heavy atom. The van der Waals surface area contributed by atoms with E-state index in [1.807, 2.05) is 24.4 Å². The first-order valence-corrected chi connectivity index (χ1v) is 10.2. The molecule has 3 heterocycles. The molecule has 0 radical (unpaired) electrons. The molecule has 28 heavy (non-hydrogen) atoms. The number of hydrogen-bond acceptors (Lipinski definition) is 6. The van der Waals surface area contributed by atoms with Crippen LogP contribution in [-0.2, 0) is 21.8 Å². The number of furan rings is 1. The van der Waals surface area contributed by atoms with Gasteiger partial charge in [0.05, 0.1) is 43.7 Å². The molecular formula is C21H22N2O4S. The molecule has 1 aromatic carbocycles. The van der Waals surface area contributed by atoms with Crippen molar-refractivity contribution < 1.29 is 18.7 Å². The number of esters is 1. The van der Waals surface area contributed by atoms with Crippen molar-refractivity contribution in [3.05, 3.63) is 60.2 Å². The number of ether oxygens (including phenoxy) is 2. The van der Waals surface area contributed by atoms with E-state index < -0.39 is 5.97 Å². The summed E-state index contributed by atoms with van der Waals surface area (Å²) in [7, 11) is 1.37. The highest BCUT2D eigenvalue weighted by atomic mass is 32.2. The van der Waals surface area contributed by atoms with E-state index in [0.29, 0.717) is 17.1 Å². The van der Waals surface area contributed by atoms with Gasteiger partial charge in [-0.25, -0.2) is 9.78 Å². The number of hydrogen-bond donors (Lipinski definition) is 0. The molecule has 146 valence electrons. The lowest BCUT2D eigenvalue weighted by Crippen LogP contribution is -2.16. The average molecular weight is 398 g/mol. The van der Waals surface area contributed by atoms with Crippen LogP contribution in [0, 0.1) is 0 Å². The standard InChI is InChI=1S/C21H22N2O4S/c1-25-20(24)17-9-11-27-19(17)14-28-21-22-12-18(15-6-3-2-4-7-15)23(21)13-16-8-5-10-26-16/h2-4,6-7,9,11-12,16H,5,8,10,13-14H2,1H3. The molecule has 2 aromatic heterocycles. The van der Waals surface area contributed by atoms with Crippen molar-refractivity contribution in [3.8, 4) is 11.3 Å². The van der Waals surface area contributed by atoms with Crippen LogP contribution in [-0.4, -0.2) is 35.3 Å². The molecule has 1 aliphatic rings. The molecule has 0 saturated carbocycles. The van der Waals surface area contributed by atoms with Crippen LogP contribution in [0.4, 0.5) is 0 Å². The Balaban J connectivity index is 1.59. The molecule has 7 heteroatoms. The summed E-state index contributed by atoms with van der Waals surface area (Å²) < 4.78 is 18.4. The van der Waals surface area contributed by atoms with Gasteiger partial charge in [0.25, 0.3) is 0 Å². The largest absolute Gasteiger partial charge is 0.468 e. The molecule has 1 saturated heterocycles. The minimum atomic E-state index is -0.392. The molecule has 4 rings (SSSR count). The van der Waals surface area contributed by atoms with Crippen LogP contribution in [0.5, 0.6) is 0 Å². The third kappa shape index (κ3) is 4.00. The Labute approximate surface area is 167 Å². The Morgan fingerprint density at radius 1 is 1.32 bits per heavy atom. The monoisotopic (exact) mass is 398 g/mol. The second kappa shape index (κ2) is 8.67. The van der Waals surface area contributed by atoms with E-state index in [4.69, 9.17) is 13.9 Å². The van der Waals surface area contributed by atoms with Gasteiger partial charge in [0, 0.05) is 6.61 Å². The van der Waals surface area contributed by atoms with E-state index in [-0.39, 0.29) is 6.10 Å². The Hall–Kier alpha value is -2.51. The third-order valence-electron chi connectivity index (χ3n) is 4.78. The summed E-state index contributed by atoms with van der Waals surface area (Å²) in [5.41, 5.74) is 2.63. The molecule has 3 aromatic rings. The number of thioether (sulfide) groups is 1. The quantitative estimate of drug-likeness (QED) is 0.434. The summed E-state index contributed by atoms with van der Waals surface area (Å²) in [5.74, 6) is 0.690. The lowest BCUT2D eigenvalue weighted by molar-refractivity contribution is 0.0598. The van der Waals surface area contributed by atoms with E-state index in [0.717, 1.165) is 42.4 Å². The van der Waals surface area contributed by atoms with E-state index in [9.17, 15) is 4.79 Å². The maximum atomic E-state index is 11.9. The Morgan fingerprint density at radius 2 is 2.18 bits per heavy atom. The first kappa shape index (κ1) is 18.8. The molecule has 1 fully saturated rings. The fourth-order valence-corrected chi connectivity index (χ4v) is 4.30. The van der Waals surface area contributed by atoms with Crippen molar-refractivity contribution in [2.24, 2.45) is 0 Å². The fraction of sp³-hybridized carbons (Fsp3) is 0.333. The minimum absolute atomic E-state index is 0.199. The number of aromatic nitrogens is 2. The highest BCUT2D eigenvalue weighted by Crippen LogP contribution is 2.31. The van der Waals surface area contributed by atoms with Crippen molar-refractivity contribution in [2.45, 2.75) is 36.4 Å². The van der Waals surface area contributed by atoms with Crippen LogP contribution in [0.25, 0.3) is 11.3 Å². The van der Waals surface area contributed by atoms with Crippen molar-refractivity contribution in [2.75, 3.05) is 13.7 Å². The number of nitrogens with zero attached hydrogens (tertiary/aromatic N) is 2. The molecule has 1 unspecified atom stereocenters. The zero-order valence-electron chi connectivity index (χ0n) is 15.7. The molecule has 0 amide bonds. The third-order valence-corrected chi connectivity index (χ3v) is 5.77. The summed E-state index contributed by atoms with van der Waals surface area (Å²) in [6.45, 7) is 1.58. The summed E-state index contributed by atoms with van der Waals surface area (Å²) in [6.07, 6.45) is 5.76. The van der Waals surface area contributed by atoms with Gasteiger partial charge in [0.2, 0.25) is 0 Å². The van der Waals surface area contributed by atoms with Gasteiger partial charge in [0.15, 0.2) is 5.16 Å². The van der Waals surface area contributed by atoms with Gasteiger partial charge >= 0.3 is 5.97 Å². The highest BCUT2D eigenvalue weighted by molar-refractivity contribution is 7.98. The molecule has 0 spiro atoms. The van der Waals surface area contributed by atoms with Crippen LogP contribution in [0.3, 0.4) is 0 Å². The number of benzene rings is 1. The van der Waals surface area contributed by atoms with Crippen molar-refractivity contribution in [1.29, 1.82) is 0 Å². The summed E-state index contributed by atoms with van der Waals surface area (Å²) in [6, 6.07) is 11.9. The molecule has 1 aliphatic heterocycles. The van der Waals surface area contributed by atoms with Gasteiger partial charge in [0.1, 0.15) is 11.3 Å². The van der Waals surface area contributed by atoms with E-state index in [2.05, 4.69) is 21.7 Å². The van der Waals surface area contributed by atoms with Gasteiger partial charge in [-0.05, 0) is 24.5 Å². The predicted molar refractivity (Wildman–Crippen MR) is 106 cm³/mol. The SMILES string of the molecule is COC(=O)c1ccoc1CSc1ncc(-c2ccccc2)n1CC1CCCO1. The van der Waals surface area contributed by atoms with Gasteiger partial charge in [-0.1, -0.05) is 42.1 Å². The van der Waals surface area contributed by atoms with Crippen LogP contribution >= 0.6 is 11.8 Å². The lowest BCUT2D eigenvalue weighted by atomic mass is 10.1. The van der Waals surface area contributed by atoms with Crippen molar-refractivity contribution in [1.82, 2.24) is 9.55 Å². The predicted octanol–water partition coefficient (Wildman–Crippen LogP) is 4.40. The lowest BCUT2D eigenvalue weighted by Gasteiger charge is -2.16. The first-order chi connectivity index (χ1) is 13.8. The van der Waals surface area contributed by atoms with Crippen LogP contribution in [0.2, 0.25) is 0 Å². The van der Waals surface area contributed by atoms with E-state index >= 15 is 0 Å². The zero-order valence-corrected chi connectivity index (χ0v) is 16.5. The summed E-state index contributed by atoms with van der Waals surface area (Å²) >= 11 is 1.54. The zero-order chi connectivity index (χ0) is 19.3. The smallest absolute Gasteiger partial charge is 0.341 e. The first-order valence-electron chi connectivity index (χ1n) is 9.26. The second-order valence-electron chi connectivity index (χ2n) is 6.58. The van der Waals surface area contributed by atoms with Crippen LogP contribution < -0.4 is 0 Å². The van der Waals surface area contributed by atoms with Crippen LogP contribution in [0.15, 0.2) is 58.4 Å². The maximum Gasteiger partial charge on any atom is 0.341 e. The van der Waals surface area contributed by atoms with Crippen molar-refractivity contribution >= 4 is 17.7 Å². The summed E-state index contributed by atoms with van der Waals surface area (Å²) in [4.78, 5) is 16.5. The van der Waals surface area contributed by atoms with E-state index in [1.54, 1.807) is 17.8 Å². The number of methoxy groups -OCH3 is 1. The molecule has 0 N–H and O–H groups in total. The fourth-order valence-electron chi connectivity index (χ4n) is 3.36. The number of carbonyl (C=O) groups is 1. The van der Waals surface area contributed by atoms with Gasteiger partial charge in [-0.15, -0.1) is 0 Å². The molecule has 0 aliphatic carbocycles. The number of rotatable bonds is 7. The second-order valence-corrected chi connectivity index (χ2v) is 7.52. The Bertz CT molecular complexity index is 929. The van der Waals surface area contributed by atoms with Crippen LogP contribution in [0.1, 0.15) is 29.0 Å². The minimum Gasteiger partial charge on any atom is -0.468 e. The topological polar surface area (TPSA) is 66.5 Å². The molecule has 0 bridgehead atoms. The molecule has 6 nitrogen and oxygen atoms in total.